The van der Waals surface area contributed by atoms with Gasteiger partial charge in [-0.25, -0.2) is 13.1 Å². The SMILES string of the molecule is COCCO[C@H]1/C=C/C[C@H]2COCC[C@@H]2S(=O)(=O)NC(=O)c2ccc3c(c2)N(CCCCc2cc(Cl)ccc2CO3)C[C@@H]2CC[C@H]21. The lowest BCUT2D eigenvalue weighted by Gasteiger charge is -2.44. The third-order valence-corrected chi connectivity index (χ3v) is 12.1. The summed E-state index contributed by atoms with van der Waals surface area (Å²) in [5.41, 5.74) is 3.36. The largest absolute Gasteiger partial charge is 0.487 e. The minimum atomic E-state index is -3.97. The number of hydrogen-bond acceptors (Lipinski definition) is 8. The first-order valence-corrected chi connectivity index (χ1v) is 18.4. The van der Waals surface area contributed by atoms with Crippen LogP contribution in [0, 0.1) is 17.8 Å². The molecule has 3 heterocycles. The molecule has 0 spiro atoms. The number of hydrogen-bond donors (Lipinski definition) is 1. The predicted octanol–water partition coefficient (Wildman–Crippen LogP) is 5.54. The highest BCUT2D eigenvalue weighted by molar-refractivity contribution is 7.90. The molecular formula is C35H45ClN2O7S. The number of nitrogens with one attached hydrogen (secondary N) is 1. The van der Waals surface area contributed by atoms with Gasteiger partial charge in [-0.3, -0.25) is 4.79 Å². The van der Waals surface area contributed by atoms with Crippen LogP contribution in [0.1, 0.15) is 60.0 Å². The van der Waals surface area contributed by atoms with E-state index in [1.807, 2.05) is 24.3 Å². The second-order valence-electron chi connectivity index (χ2n) is 12.9. The number of benzene rings is 2. The van der Waals surface area contributed by atoms with Crippen LogP contribution in [0.3, 0.4) is 0 Å². The number of anilines is 1. The minimum absolute atomic E-state index is 0.105. The summed E-state index contributed by atoms with van der Waals surface area (Å²) in [5, 5.41) is -0.0227. The Labute approximate surface area is 277 Å². The number of ether oxygens (including phenoxy) is 4. The van der Waals surface area contributed by atoms with Gasteiger partial charge in [0.25, 0.3) is 5.91 Å². The summed E-state index contributed by atoms with van der Waals surface area (Å²) < 4.78 is 53.5. The molecule has 2 fully saturated rings. The summed E-state index contributed by atoms with van der Waals surface area (Å²) in [6.07, 6.45) is 9.85. The van der Waals surface area contributed by atoms with Crippen molar-refractivity contribution in [1.29, 1.82) is 0 Å². The van der Waals surface area contributed by atoms with Gasteiger partial charge >= 0.3 is 0 Å². The van der Waals surface area contributed by atoms with Gasteiger partial charge in [0.1, 0.15) is 12.4 Å². The van der Waals surface area contributed by atoms with Gasteiger partial charge < -0.3 is 23.8 Å². The molecule has 5 atom stereocenters. The van der Waals surface area contributed by atoms with Gasteiger partial charge in [-0.1, -0.05) is 29.8 Å². The second kappa shape index (κ2) is 15.1. The highest BCUT2D eigenvalue weighted by Crippen LogP contribution is 2.42. The van der Waals surface area contributed by atoms with Crippen molar-refractivity contribution < 1.29 is 32.2 Å². The number of aryl methyl sites for hydroxylation is 1. The van der Waals surface area contributed by atoms with Crippen LogP contribution in [0.5, 0.6) is 5.75 Å². The molecule has 6 rings (SSSR count). The number of fused-ring (bicyclic) bond motifs is 4. The Hall–Kier alpha value is -2.63. The van der Waals surface area contributed by atoms with Crippen molar-refractivity contribution in [3.63, 3.8) is 0 Å². The quantitative estimate of drug-likeness (QED) is 0.334. The zero-order valence-electron chi connectivity index (χ0n) is 26.5. The average Bonchev–Trinajstić information content (AvgIpc) is 3.05. The lowest BCUT2D eigenvalue weighted by molar-refractivity contribution is -0.0309. The van der Waals surface area contributed by atoms with Crippen molar-refractivity contribution in [2.45, 2.75) is 62.9 Å². The van der Waals surface area contributed by atoms with E-state index >= 15 is 0 Å². The normalized spacial score (nSPS) is 29.0. The molecule has 9 nitrogen and oxygen atoms in total. The van der Waals surface area contributed by atoms with Crippen molar-refractivity contribution in [2.75, 3.05) is 51.5 Å². The van der Waals surface area contributed by atoms with Crippen molar-refractivity contribution in [1.82, 2.24) is 4.72 Å². The van der Waals surface area contributed by atoms with Gasteiger partial charge in [0.2, 0.25) is 10.0 Å². The zero-order chi connectivity index (χ0) is 32.1. The van der Waals surface area contributed by atoms with Crippen LogP contribution in [-0.2, 0) is 37.3 Å². The molecule has 250 valence electrons. The van der Waals surface area contributed by atoms with Crippen LogP contribution >= 0.6 is 11.6 Å². The molecule has 1 aliphatic carbocycles. The summed E-state index contributed by atoms with van der Waals surface area (Å²) in [6, 6.07) is 11.2. The lowest BCUT2D eigenvalue weighted by atomic mass is 9.70. The van der Waals surface area contributed by atoms with Gasteiger partial charge in [0, 0.05) is 43.3 Å². The van der Waals surface area contributed by atoms with Gasteiger partial charge in [0.15, 0.2) is 0 Å². The molecule has 1 N–H and O–H groups in total. The number of amides is 1. The highest BCUT2D eigenvalue weighted by atomic mass is 35.5. The number of nitrogens with zero attached hydrogens (tertiary/aromatic N) is 1. The van der Waals surface area contributed by atoms with E-state index in [-0.39, 0.29) is 12.0 Å². The first-order valence-electron chi connectivity index (χ1n) is 16.5. The van der Waals surface area contributed by atoms with Gasteiger partial charge in [0.05, 0.1) is 36.9 Å². The molecule has 0 aromatic heterocycles. The first kappa shape index (κ1) is 33.3. The standard InChI is InChI=1S/C35H45ClN2O7S/c1-42-17-18-44-32-7-4-6-28-22-43-16-14-34(28)46(40,41)37-35(39)25-10-13-33-31(20-25)38(21-26-9-12-30(26)32)15-3-2-5-24-19-29(36)11-8-27(24)23-45-33/h4,7-8,10-11,13,19-20,26,28,30,32,34H,2-3,5-6,9,12,14-18,21-23H2,1H3,(H,37,39)/b7-4+/t26-,28-,30+,32-,34-/m0/s1. The Morgan fingerprint density at radius 2 is 1.93 bits per heavy atom. The maximum Gasteiger partial charge on any atom is 0.264 e. The average molecular weight is 673 g/mol. The van der Waals surface area contributed by atoms with Gasteiger partial charge in [-0.05, 0) is 98.2 Å². The van der Waals surface area contributed by atoms with Crippen molar-refractivity contribution in [2.24, 2.45) is 17.8 Å². The predicted molar refractivity (Wildman–Crippen MR) is 178 cm³/mol. The Morgan fingerprint density at radius 1 is 1.04 bits per heavy atom. The minimum Gasteiger partial charge on any atom is -0.487 e. The van der Waals surface area contributed by atoms with E-state index in [2.05, 4.69) is 15.7 Å². The van der Waals surface area contributed by atoms with Gasteiger partial charge in [-0.15, -0.1) is 0 Å². The van der Waals surface area contributed by atoms with Crippen LogP contribution < -0.4 is 14.4 Å². The van der Waals surface area contributed by atoms with Crippen molar-refractivity contribution in [3.05, 3.63) is 70.3 Å². The third-order valence-electron chi connectivity index (χ3n) is 9.99. The fourth-order valence-corrected chi connectivity index (χ4v) is 9.09. The molecule has 1 amide bonds. The number of halogens is 1. The molecular weight excluding hydrogens is 628 g/mol. The van der Waals surface area contributed by atoms with Crippen molar-refractivity contribution >= 4 is 33.2 Å². The van der Waals surface area contributed by atoms with Crippen molar-refractivity contribution in [3.8, 4) is 5.75 Å². The molecule has 1 saturated carbocycles. The highest BCUT2D eigenvalue weighted by Gasteiger charge is 2.40. The molecule has 46 heavy (non-hydrogen) atoms. The van der Waals surface area contributed by atoms with E-state index in [9.17, 15) is 13.2 Å². The molecule has 0 unspecified atom stereocenters. The van der Waals surface area contributed by atoms with E-state index in [0.717, 1.165) is 56.4 Å². The van der Waals surface area contributed by atoms with Crippen LogP contribution in [0.15, 0.2) is 48.6 Å². The Balaban J connectivity index is 1.37. The monoisotopic (exact) mass is 672 g/mol. The van der Waals surface area contributed by atoms with E-state index < -0.39 is 21.2 Å². The van der Waals surface area contributed by atoms with E-state index in [4.69, 9.17) is 30.5 Å². The molecule has 0 radical (unpaired) electrons. The number of carbonyl (C=O) groups is 1. The van der Waals surface area contributed by atoms with Crippen LogP contribution in [-0.4, -0.2) is 72.3 Å². The third kappa shape index (κ3) is 7.73. The summed E-state index contributed by atoms with van der Waals surface area (Å²) >= 11 is 6.35. The van der Waals surface area contributed by atoms with Crippen LogP contribution in [0.25, 0.3) is 0 Å². The number of rotatable bonds is 4. The summed E-state index contributed by atoms with van der Waals surface area (Å²) in [4.78, 5) is 15.9. The number of sulfonamides is 1. The number of allylic oxidation sites excluding steroid dienone is 1. The molecule has 11 heteroatoms. The molecule has 2 aromatic carbocycles. The van der Waals surface area contributed by atoms with Gasteiger partial charge in [-0.2, -0.15) is 0 Å². The Bertz CT molecular complexity index is 1520. The number of carbonyl (C=O) groups excluding carboxylic acids is 1. The molecule has 2 aromatic rings. The summed E-state index contributed by atoms with van der Waals surface area (Å²) in [7, 11) is -2.30. The topological polar surface area (TPSA) is 103 Å². The van der Waals surface area contributed by atoms with Crippen LogP contribution in [0.2, 0.25) is 5.02 Å². The molecule has 3 aliphatic heterocycles. The second-order valence-corrected chi connectivity index (χ2v) is 15.3. The molecule has 2 bridgehead atoms. The maximum absolute atomic E-state index is 13.6. The van der Waals surface area contributed by atoms with Crippen LogP contribution in [0.4, 0.5) is 5.69 Å². The van der Waals surface area contributed by atoms with E-state index in [1.54, 1.807) is 25.3 Å². The smallest absolute Gasteiger partial charge is 0.264 e. The fraction of sp³-hybridized carbons (Fsp3) is 0.571. The fourth-order valence-electron chi connectivity index (χ4n) is 7.26. The Morgan fingerprint density at radius 3 is 2.76 bits per heavy atom. The Kier molecular flexibility index (Phi) is 10.9. The van der Waals surface area contributed by atoms with E-state index in [0.29, 0.717) is 74.0 Å². The summed E-state index contributed by atoms with van der Waals surface area (Å²) in [6.45, 7) is 3.57. The van der Waals surface area contributed by atoms with E-state index in [1.165, 1.54) is 5.56 Å². The summed E-state index contributed by atoms with van der Waals surface area (Å²) in [5.74, 6) is 0.454. The maximum atomic E-state index is 13.6. The molecule has 1 saturated heterocycles. The number of methoxy groups -OCH3 is 1. The molecule has 4 aliphatic rings. The zero-order valence-corrected chi connectivity index (χ0v) is 28.1. The first-order chi connectivity index (χ1) is 22.3. The lowest BCUT2D eigenvalue weighted by Crippen LogP contribution is -2.46.